The molecule has 3 heteroatoms. The molecule has 3 rings (SSSR count). The summed E-state index contributed by atoms with van der Waals surface area (Å²) in [5.74, 6) is 2.20. The van der Waals surface area contributed by atoms with E-state index in [4.69, 9.17) is 5.11 Å². The predicted molar refractivity (Wildman–Crippen MR) is 66.5 cm³/mol. The third-order valence-electron chi connectivity index (χ3n) is 3.91. The second-order valence-electron chi connectivity index (χ2n) is 4.85. The van der Waals surface area contributed by atoms with Crippen molar-refractivity contribution in [3.05, 3.63) is 35.9 Å². The Morgan fingerprint density at radius 1 is 1.12 bits per heavy atom. The van der Waals surface area contributed by atoms with Crippen LogP contribution >= 0.6 is 12.4 Å². The van der Waals surface area contributed by atoms with Gasteiger partial charge in [-0.1, -0.05) is 30.3 Å². The fourth-order valence-electron chi connectivity index (χ4n) is 2.98. The van der Waals surface area contributed by atoms with E-state index < -0.39 is 0 Å². The van der Waals surface area contributed by atoms with Gasteiger partial charge in [-0.25, -0.2) is 0 Å². The normalized spacial score (nSPS) is 31.9. The minimum atomic E-state index is 0. The van der Waals surface area contributed by atoms with Crippen LogP contribution in [0.25, 0.3) is 0 Å². The summed E-state index contributed by atoms with van der Waals surface area (Å²) in [4.78, 5) is 2.51. The van der Waals surface area contributed by atoms with Crippen LogP contribution in [-0.4, -0.2) is 29.7 Å². The number of benzene rings is 1. The fraction of sp³-hybridized carbons (Fsp3) is 0.538. The first-order valence-electron chi connectivity index (χ1n) is 5.75. The molecule has 2 aliphatic rings. The lowest BCUT2D eigenvalue weighted by atomic mass is 10.2. The first-order chi connectivity index (χ1) is 7.38. The first-order valence-corrected chi connectivity index (χ1v) is 5.75. The Labute approximate surface area is 103 Å². The summed E-state index contributed by atoms with van der Waals surface area (Å²) in [6.07, 6.45) is 0. The molecule has 1 aliphatic carbocycles. The third kappa shape index (κ3) is 2.10. The molecule has 1 N–H and O–H groups in total. The van der Waals surface area contributed by atoms with Crippen LogP contribution in [0.4, 0.5) is 0 Å². The van der Waals surface area contributed by atoms with Gasteiger partial charge in [-0.05, 0) is 23.3 Å². The van der Waals surface area contributed by atoms with Crippen molar-refractivity contribution < 1.29 is 5.11 Å². The number of hydrogen-bond acceptors (Lipinski definition) is 2. The monoisotopic (exact) mass is 239 g/mol. The quantitative estimate of drug-likeness (QED) is 0.869. The maximum atomic E-state index is 9.07. The van der Waals surface area contributed by atoms with Crippen molar-refractivity contribution in [2.24, 2.45) is 17.8 Å². The van der Waals surface area contributed by atoms with Crippen molar-refractivity contribution in [1.82, 2.24) is 4.90 Å². The number of piperidine rings is 1. The topological polar surface area (TPSA) is 23.5 Å². The highest BCUT2D eigenvalue weighted by Gasteiger charge is 2.54. The third-order valence-corrected chi connectivity index (χ3v) is 3.91. The summed E-state index contributed by atoms with van der Waals surface area (Å²) in [6, 6.07) is 10.6. The number of rotatable bonds is 3. The number of likely N-dealkylation sites (tertiary alicyclic amines) is 1. The molecule has 0 amide bonds. The molecule has 88 valence electrons. The number of nitrogens with zero attached hydrogens (tertiary/aromatic N) is 1. The fourth-order valence-corrected chi connectivity index (χ4v) is 2.98. The maximum Gasteiger partial charge on any atom is 0.0465 e. The molecule has 16 heavy (non-hydrogen) atoms. The Morgan fingerprint density at radius 2 is 1.75 bits per heavy atom. The van der Waals surface area contributed by atoms with Gasteiger partial charge in [0, 0.05) is 26.2 Å². The number of aliphatic hydroxyl groups excluding tert-OH is 1. The van der Waals surface area contributed by atoms with E-state index in [1.165, 1.54) is 18.7 Å². The summed E-state index contributed by atoms with van der Waals surface area (Å²) in [5, 5.41) is 9.07. The molecule has 1 aromatic rings. The average Bonchev–Trinajstić information content (AvgIpc) is 2.75. The molecule has 0 bridgehead atoms. The highest BCUT2D eigenvalue weighted by Crippen LogP contribution is 2.51. The Kier molecular flexibility index (Phi) is 3.53. The summed E-state index contributed by atoms with van der Waals surface area (Å²) < 4.78 is 0. The van der Waals surface area contributed by atoms with E-state index in [1.807, 2.05) is 0 Å². The molecular weight excluding hydrogens is 222 g/mol. The molecule has 2 atom stereocenters. The van der Waals surface area contributed by atoms with E-state index in [2.05, 4.69) is 35.2 Å². The van der Waals surface area contributed by atoms with Crippen molar-refractivity contribution in [2.75, 3.05) is 19.7 Å². The lowest BCUT2D eigenvalue weighted by Crippen LogP contribution is -2.24. The van der Waals surface area contributed by atoms with Gasteiger partial charge in [-0.3, -0.25) is 4.90 Å². The minimum absolute atomic E-state index is 0. The van der Waals surface area contributed by atoms with E-state index in [9.17, 15) is 0 Å². The van der Waals surface area contributed by atoms with Crippen LogP contribution in [0.5, 0.6) is 0 Å². The van der Waals surface area contributed by atoms with E-state index in [0.717, 1.165) is 18.4 Å². The van der Waals surface area contributed by atoms with Crippen LogP contribution in [0.15, 0.2) is 30.3 Å². The van der Waals surface area contributed by atoms with Crippen molar-refractivity contribution >= 4 is 12.4 Å². The summed E-state index contributed by atoms with van der Waals surface area (Å²) >= 11 is 0. The smallest absolute Gasteiger partial charge is 0.0465 e. The zero-order valence-electron chi connectivity index (χ0n) is 9.25. The average molecular weight is 240 g/mol. The van der Waals surface area contributed by atoms with Crippen LogP contribution < -0.4 is 0 Å². The highest BCUT2D eigenvalue weighted by molar-refractivity contribution is 5.85. The van der Waals surface area contributed by atoms with Crippen LogP contribution in [0, 0.1) is 17.8 Å². The van der Waals surface area contributed by atoms with Gasteiger partial charge in [0.2, 0.25) is 0 Å². The summed E-state index contributed by atoms with van der Waals surface area (Å²) in [5.41, 5.74) is 1.40. The number of fused-ring (bicyclic) bond motifs is 1. The van der Waals surface area contributed by atoms with Gasteiger partial charge in [0.15, 0.2) is 0 Å². The maximum absolute atomic E-state index is 9.07. The standard InChI is InChI=1S/C13H17NO.ClH/c15-9-13-11-7-14(8-12(11)13)6-10-4-2-1-3-5-10;/h1-5,11-13,15H,6-9H2;1H. The molecule has 1 saturated heterocycles. The van der Waals surface area contributed by atoms with Crippen molar-refractivity contribution in [1.29, 1.82) is 0 Å². The van der Waals surface area contributed by atoms with Gasteiger partial charge in [0.25, 0.3) is 0 Å². The molecule has 2 unspecified atom stereocenters. The van der Waals surface area contributed by atoms with Crippen molar-refractivity contribution in [3.63, 3.8) is 0 Å². The molecule has 1 saturated carbocycles. The SMILES string of the molecule is Cl.OCC1C2CN(Cc3ccccc3)CC12. The molecule has 1 aliphatic heterocycles. The molecule has 0 spiro atoms. The van der Waals surface area contributed by atoms with Crippen molar-refractivity contribution in [2.45, 2.75) is 6.54 Å². The Morgan fingerprint density at radius 3 is 2.31 bits per heavy atom. The summed E-state index contributed by atoms with van der Waals surface area (Å²) in [6.45, 7) is 3.84. The van der Waals surface area contributed by atoms with Gasteiger partial charge in [0.05, 0.1) is 0 Å². The van der Waals surface area contributed by atoms with Gasteiger partial charge in [-0.2, -0.15) is 0 Å². The number of hydrogen-bond donors (Lipinski definition) is 1. The van der Waals surface area contributed by atoms with Gasteiger partial charge in [0.1, 0.15) is 0 Å². The minimum Gasteiger partial charge on any atom is -0.396 e. The van der Waals surface area contributed by atoms with Crippen LogP contribution in [0.2, 0.25) is 0 Å². The number of aliphatic hydroxyl groups is 1. The molecule has 1 heterocycles. The number of halogens is 1. The van der Waals surface area contributed by atoms with E-state index >= 15 is 0 Å². The molecule has 2 fully saturated rings. The first kappa shape index (κ1) is 11.9. The van der Waals surface area contributed by atoms with E-state index in [-0.39, 0.29) is 12.4 Å². The second-order valence-corrected chi connectivity index (χ2v) is 4.85. The summed E-state index contributed by atoms with van der Waals surface area (Å²) in [7, 11) is 0. The van der Waals surface area contributed by atoms with Gasteiger partial charge < -0.3 is 5.11 Å². The second kappa shape index (κ2) is 4.74. The zero-order valence-corrected chi connectivity index (χ0v) is 10.1. The zero-order chi connectivity index (χ0) is 10.3. The lowest BCUT2D eigenvalue weighted by molar-refractivity contribution is 0.217. The van der Waals surface area contributed by atoms with Gasteiger partial charge >= 0.3 is 0 Å². The molecule has 0 radical (unpaired) electrons. The van der Waals surface area contributed by atoms with E-state index in [0.29, 0.717) is 12.5 Å². The van der Waals surface area contributed by atoms with Crippen molar-refractivity contribution in [3.8, 4) is 0 Å². The van der Waals surface area contributed by atoms with Crippen LogP contribution in [0.3, 0.4) is 0 Å². The van der Waals surface area contributed by atoms with Crippen LogP contribution in [0.1, 0.15) is 5.56 Å². The highest BCUT2D eigenvalue weighted by atomic mass is 35.5. The Hall–Kier alpha value is -0.570. The van der Waals surface area contributed by atoms with E-state index in [1.54, 1.807) is 0 Å². The molecule has 1 aromatic carbocycles. The predicted octanol–water partition coefficient (Wildman–Crippen LogP) is 1.78. The molecular formula is C13H18ClNO. The molecule has 2 nitrogen and oxygen atoms in total. The lowest BCUT2D eigenvalue weighted by Gasteiger charge is -2.18. The van der Waals surface area contributed by atoms with Crippen LogP contribution in [-0.2, 0) is 6.54 Å². The van der Waals surface area contributed by atoms with Gasteiger partial charge in [-0.15, -0.1) is 12.4 Å². The molecule has 0 aromatic heterocycles. The Bertz CT molecular complexity index is 331. The Balaban J connectivity index is 0.000000963. The largest absolute Gasteiger partial charge is 0.396 e.